The van der Waals surface area contributed by atoms with Gasteiger partial charge in [0, 0.05) is 28.8 Å². The van der Waals surface area contributed by atoms with Crippen molar-refractivity contribution in [2.24, 2.45) is 0 Å². The van der Waals surface area contributed by atoms with E-state index >= 15 is 0 Å². The van der Waals surface area contributed by atoms with Crippen LogP contribution in [0.1, 0.15) is 29.1 Å². The average Bonchev–Trinajstić information content (AvgIpc) is 3.13. The maximum Gasteiger partial charge on any atom is 0.270 e. The van der Waals surface area contributed by atoms with E-state index < -0.39 is 4.92 Å². The van der Waals surface area contributed by atoms with Crippen molar-refractivity contribution < 1.29 is 19.2 Å². The maximum atomic E-state index is 12.5. The van der Waals surface area contributed by atoms with E-state index in [4.69, 9.17) is 9.47 Å². The van der Waals surface area contributed by atoms with Gasteiger partial charge in [0.25, 0.3) is 11.6 Å². The monoisotopic (exact) mass is 414 g/mol. The molecular weight excluding hydrogens is 392 g/mol. The smallest absolute Gasteiger partial charge is 0.270 e. The van der Waals surface area contributed by atoms with Crippen molar-refractivity contribution in [3.63, 3.8) is 0 Å². The number of nitro benzene ring substituents is 1. The minimum absolute atomic E-state index is 0.0165. The summed E-state index contributed by atoms with van der Waals surface area (Å²) in [4.78, 5) is 23.4. The minimum Gasteiger partial charge on any atom is -0.490 e. The molecule has 3 aromatic rings. The summed E-state index contributed by atoms with van der Waals surface area (Å²) in [5.41, 5.74) is 1.05. The summed E-state index contributed by atoms with van der Waals surface area (Å²) in [6, 6.07) is 12.1. The number of nitrogens with one attached hydrogen (secondary N) is 1. The first kappa shape index (κ1) is 20.6. The van der Waals surface area contributed by atoms with Gasteiger partial charge in [-0.05, 0) is 50.1 Å². The van der Waals surface area contributed by atoms with E-state index in [9.17, 15) is 14.9 Å². The Morgan fingerprint density at radius 2 is 1.83 bits per heavy atom. The van der Waals surface area contributed by atoms with Crippen LogP contribution < -0.4 is 14.8 Å². The van der Waals surface area contributed by atoms with Crippen LogP contribution in [0, 0.1) is 10.1 Å². The molecule has 0 fully saturated rings. The summed E-state index contributed by atoms with van der Waals surface area (Å²) < 4.78 is 12.0. The van der Waals surface area contributed by atoms with Crippen molar-refractivity contribution >= 4 is 33.0 Å². The fourth-order valence-electron chi connectivity index (χ4n) is 2.91. The topological polar surface area (TPSA) is 90.7 Å². The molecule has 2 aromatic carbocycles. The Labute approximate surface area is 172 Å². The van der Waals surface area contributed by atoms with Gasteiger partial charge in [-0.2, -0.15) is 0 Å². The van der Waals surface area contributed by atoms with Crippen LogP contribution in [-0.4, -0.2) is 30.6 Å². The van der Waals surface area contributed by atoms with E-state index in [1.165, 1.54) is 23.5 Å². The number of nitro groups is 1. The summed E-state index contributed by atoms with van der Waals surface area (Å²) >= 11 is 1.32. The molecular formula is C21H22N2O5S. The summed E-state index contributed by atoms with van der Waals surface area (Å²) in [6.45, 7) is 5.42. The second-order valence-electron chi connectivity index (χ2n) is 6.24. The number of benzene rings is 2. The first-order valence-corrected chi connectivity index (χ1v) is 10.2. The number of carbonyl (C=O) groups is 1. The average molecular weight is 414 g/mol. The normalized spacial score (nSPS) is 10.7. The lowest BCUT2D eigenvalue weighted by molar-refractivity contribution is -0.384. The number of hydrogen-bond acceptors (Lipinski definition) is 6. The standard InChI is InChI=1S/C21H22N2O5S/c1-3-27-17-7-5-14(11-18(17)28-4-2)9-10-22-21(24)20-13-15-12-16(23(25)26)6-8-19(15)29-20/h5-8,11-13H,3-4,9-10H2,1-2H3,(H,22,24). The summed E-state index contributed by atoms with van der Waals surface area (Å²) in [5.74, 6) is 1.22. The first-order valence-electron chi connectivity index (χ1n) is 9.36. The molecule has 0 bridgehead atoms. The second-order valence-corrected chi connectivity index (χ2v) is 7.33. The van der Waals surface area contributed by atoms with Crippen molar-refractivity contribution in [2.75, 3.05) is 19.8 Å². The van der Waals surface area contributed by atoms with Gasteiger partial charge in [-0.3, -0.25) is 14.9 Å². The van der Waals surface area contributed by atoms with E-state index in [1.807, 2.05) is 32.0 Å². The van der Waals surface area contributed by atoms with Crippen LogP contribution in [0.4, 0.5) is 5.69 Å². The summed E-state index contributed by atoms with van der Waals surface area (Å²) in [6.07, 6.45) is 0.647. The third kappa shape index (κ3) is 5.03. The highest BCUT2D eigenvalue weighted by molar-refractivity contribution is 7.20. The number of fused-ring (bicyclic) bond motifs is 1. The van der Waals surface area contributed by atoms with Gasteiger partial charge in [-0.15, -0.1) is 11.3 Å². The van der Waals surface area contributed by atoms with Crippen molar-refractivity contribution in [3.8, 4) is 11.5 Å². The molecule has 1 heterocycles. The van der Waals surface area contributed by atoms with Crippen molar-refractivity contribution in [1.82, 2.24) is 5.32 Å². The van der Waals surface area contributed by atoms with Crippen LogP contribution in [0.25, 0.3) is 10.1 Å². The van der Waals surface area contributed by atoms with E-state index in [0.29, 0.717) is 47.9 Å². The maximum absolute atomic E-state index is 12.5. The molecule has 0 saturated carbocycles. The molecule has 8 heteroatoms. The van der Waals surface area contributed by atoms with E-state index in [-0.39, 0.29) is 11.6 Å². The van der Waals surface area contributed by atoms with Crippen molar-refractivity contribution in [3.05, 3.63) is 63.0 Å². The van der Waals surface area contributed by atoms with E-state index in [0.717, 1.165) is 10.3 Å². The van der Waals surface area contributed by atoms with Crippen molar-refractivity contribution in [2.45, 2.75) is 20.3 Å². The molecule has 0 aliphatic carbocycles. The fraction of sp³-hybridized carbons (Fsp3) is 0.286. The molecule has 0 aliphatic rings. The van der Waals surface area contributed by atoms with Crippen molar-refractivity contribution in [1.29, 1.82) is 0 Å². The van der Waals surface area contributed by atoms with Gasteiger partial charge in [0.15, 0.2) is 11.5 Å². The predicted molar refractivity (Wildman–Crippen MR) is 113 cm³/mol. The molecule has 1 N–H and O–H groups in total. The molecule has 7 nitrogen and oxygen atoms in total. The highest BCUT2D eigenvalue weighted by atomic mass is 32.1. The Balaban J connectivity index is 1.63. The van der Waals surface area contributed by atoms with E-state index in [1.54, 1.807) is 12.1 Å². The van der Waals surface area contributed by atoms with Crippen LogP contribution in [0.2, 0.25) is 0 Å². The SMILES string of the molecule is CCOc1ccc(CCNC(=O)c2cc3cc([N+](=O)[O-])ccc3s2)cc1OCC. The third-order valence-corrected chi connectivity index (χ3v) is 5.36. The summed E-state index contributed by atoms with van der Waals surface area (Å²) in [7, 11) is 0. The van der Waals surface area contributed by atoms with Gasteiger partial charge in [0.1, 0.15) is 0 Å². The molecule has 1 aromatic heterocycles. The second kappa shape index (κ2) is 9.38. The quantitative estimate of drug-likeness (QED) is 0.409. The lowest BCUT2D eigenvalue weighted by Crippen LogP contribution is -2.24. The number of ether oxygens (including phenoxy) is 2. The number of hydrogen-bond donors (Lipinski definition) is 1. The van der Waals surface area contributed by atoms with Gasteiger partial charge in [0.05, 0.1) is 23.0 Å². The number of non-ortho nitro benzene ring substituents is 1. The lowest BCUT2D eigenvalue weighted by atomic mass is 10.1. The Kier molecular flexibility index (Phi) is 6.66. The van der Waals surface area contributed by atoms with Gasteiger partial charge >= 0.3 is 0 Å². The molecule has 1 amide bonds. The third-order valence-electron chi connectivity index (χ3n) is 4.24. The number of amides is 1. The molecule has 0 aliphatic heterocycles. The molecule has 152 valence electrons. The number of thiophene rings is 1. The van der Waals surface area contributed by atoms with Gasteiger partial charge in [-0.1, -0.05) is 6.07 Å². The Hall–Kier alpha value is -3.13. The zero-order chi connectivity index (χ0) is 20.8. The van der Waals surface area contributed by atoms with Crippen LogP contribution in [0.5, 0.6) is 11.5 Å². The van der Waals surface area contributed by atoms with Gasteiger partial charge in [0.2, 0.25) is 0 Å². The highest BCUT2D eigenvalue weighted by Crippen LogP contribution is 2.30. The van der Waals surface area contributed by atoms with Gasteiger partial charge < -0.3 is 14.8 Å². The fourth-order valence-corrected chi connectivity index (χ4v) is 3.87. The number of nitrogens with zero attached hydrogens (tertiary/aromatic N) is 1. The molecule has 3 rings (SSSR count). The Bertz CT molecular complexity index is 1030. The van der Waals surface area contributed by atoms with Gasteiger partial charge in [-0.25, -0.2) is 0 Å². The molecule has 0 radical (unpaired) electrons. The summed E-state index contributed by atoms with van der Waals surface area (Å²) in [5, 5.41) is 14.5. The number of carbonyl (C=O) groups excluding carboxylic acids is 1. The molecule has 29 heavy (non-hydrogen) atoms. The van der Waals surface area contributed by atoms with Crippen LogP contribution in [0.15, 0.2) is 42.5 Å². The zero-order valence-electron chi connectivity index (χ0n) is 16.3. The predicted octanol–water partition coefficient (Wildman–Crippen LogP) is 4.58. The molecule has 0 atom stereocenters. The molecule has 0 spiro atoms. The molecule has 0 unspecified atom stereocenters. The largest absolute Gasteiger partial charge is 0.490 e. The first-order chi connectivity index (χ1) is 14.0. The molecule has 0 saturated heterocycles. The minimum atomic E-state index is -0.440. The van der Waals surface area contributed by atoms with Crippen LogP contribution in [-0.2, 0) is 6.42 Å². The zero-order valence-corrected chi connectivity index (χ0v) is 17.1. The lowest BCUT2D eigenvalue weighted by Gasteiger charge is -2.12. The van der Waals surface area contributed by atoms with E-state index in [2.05, 4.69) is 5.32 Å². The highest BCUT2D eigenvalue weighted by Gasteiger charge is 2.13. The Morgan fingerprint density at radius 3 is 2.55 bits per heavy atom. The number of rotatable bonds is 9. The van der Waals surface area contributed by atoms with Crippen LogP contribution >= 0.6 is 11.3 Å². The van der Waals surface area contributed by atoms with Crippen LogP contribution in [0.3, 0.4) is 0 Å². The Morgan fingerprint density at radius 1 is 1.07 bits per heavy atom.